The Morgan fingerprint density at radius 1 is 1.24 bits per heavy atom. The second-order valence-electron chi connectivity index (χ2n) is 3.98. The molecular weight excluding hydrogens is 431 g/mol. The molecule has 2 aromatic rings. The molecule has 0 saturated carbocycles. The summed E-state index contributed by atoms with van der Waals surface area (Å²) in [4.78, 5) is 12.6. The van der Waals surface area contributed by atoms with Crippen molar-refractivity contribution in [1.82, 2.24) is 0 Å². The Kier molecular flexibility index (Phi) is 5.83. The topological polar surface area (TPSA) is 29.1 Å². The number of carbonyl (C=O) groups excluding carboxylic acids is 1. The Bertz CT molecular complexity index is 669. The number of amides is 1. The van der Waals surface area contributed by atoms with Gasteiger partial charge in [0, 0.05) is 19.2 Å². The van der Waals surface area contributed by atoms with Gasteiger partial charge in [-0.2, -0.15) is 8.78 Å². The maximum Gasteiger partial charge on any atom is 0.288 e. The van der Waals surface area contributed by atoms with Gasteiger partial charge in [0.15, 0.2) is 0 Å². The molecule has 1 N–H and O–H groups in total. The average molecular weight is 440 g/mol. The summed E-state index contributed by atoms with van der Waals surface area (Å²) in [7, 11) is 0. The first-order valence-electron chi connectivity index (χ1n) is 5.77. The number of carbonyl (C=O) groups is 1. The van der Waals surface area contributed by atoms with E-state index in [9.17, 15) is 13.6 Å². The third-order valence-electron chi connectivity index (χ3n) is 2.49. The van der Waals surface area contributed by atoms with E-state index in [1.807, 2.05) is 22.6 Å². The Morgan fingerprint density at radius 2 is 2.00 bits per heavy atom. The summed E-state index contributed by atoms with van der Waals surface area (Å²) < 4.78 is 25.4. The van der Waals surface area contributed by atoms with Gasteiger partial charge in [0.25, 0.3) is 11.7 Å². The number of nitrogens with one attached hydrogen (secondary N) is 1. The molecule has 2 aromatic carbocycles. The van der Waals surface area contributed by atoms with Crippen LogP contribution in [-0.4, -0.2) is 11.7 Å². The Balaban J connectivity index is 2.17. The molecule has 0 aliphatic heterocycles. The summed E-state index contributed by atoms with van der Waals surface area (Å²) in [6.45, 7) is 0. The number of anilines is 1. The van der Waals surface area contributed by atoms with Crippen LogP contribution in [0, 0.1) is 3.57 Å². The lowest BCUT2D eigenvalue weighted by molar-refractivity contribution is 0.102. The van der Waals surface area contributed by atoms with E-state index < -0.39 is 5.76 Å². The number of benzene rings is 2. The van der Waals surface area contributed by atoms with Crippen molar-refractivity contribution in [2.75, 3.05) is 5.32 Å². The quantitative estimate of drug-likeness (QED) is 0.503. The van der Waals surface area contributed by atoms with Gasteiger partial charge in [-0.25, -0.2) is 0 Å². The van der Waals surface area contributed by atoms with Crippen LogP contribution in [0.1, 0.15) is 10.4 Å². The van der Waals surface area contributed by atoms with E-state index in [1.165, 1.54) is 6.07 Å². The maximum absolute atomic E-state index is 12.3. The van der Waals surface area contributed by atoms with Crippen LogP contribution in [0.15, 0.2) is 47.4 Å². The third kappa shape index (κ3) is 4.82. The van der Waals surface area contributed by atoms with Gasteiger partial charge < -0.3 is 5.32 Å². The zero-order valence-corrected chi connectivity index (χ0v) is 14.2. The van der Waals surface area contributed by atoms with Crippen molar-refractivity contribution in [3.63, 3.8) is 0 Å². The van der Waals surface area contributed by atoms with Crippen molar-refractivity contribution in [2.24, 2.45) is 0 Å². The Labute approximate surface area is 143 Å². The average Bonchev–Trinajstić information content (AvgIpc) is 2.41. The molecule has 0 aliphatic carbocycles. The van der Waals surface area contributed by atoms with Crippen LogP contribution >= 0.6 is 46.0 Å². The van der Waals surface area contributed by atoms with Gasteiger partial charge in [0.1, 0.15) is 0 Å². The van der Waals surface area contributed by atoms with E-state index in [0.29, 0.717) is 32.9 Å². The molecule has 0 unspecified atom stereocenters. The van der Waals surface area contributed by atoms with Gasteiger partial charge >= 0.3 is 0 Å². The van der Waals surface area contributed by atoms with E-state index in [1.54, 1.807) is 36.4 Å². The first-order chi connectivity index (χ1) is 9.95. The Hall–Kier alpha value is -0.860. The smallest absolute Gasteiger partial charge is 0.288 e. The summed E-state index contributed by atoms with van der Waals surface area (Å²) in [6, 6.07) is 11.3. The molecule has 21 heavy (non-hydrogen) atoms. The van der Waals surface area contributed by atoms with Crippen LogP contribution in [0.5, 0.6) is 0 Å². The molecule has 7 heteroatoms. The van der Waals surface area contributed by atoms with Crippen molar-refractivity contribution in [2.45, 2.75) is 10.7 Å². The van der Waals surface area contributed by atoms with Gasteiger partial charge in [0.05, 0.1) is 5.56 Å². The first kappa shape index (κ1) is 16.5. The van der Waals surface area contributed by atoms with Crippen LogP contribution in [0.3, 0.4) is 0 Å². The lowest BCUT2D eigenvalue weighted by Crippen LogP contribution is -2.13. The minimum absolute atomic E-state index is 0.332. The van der Waals surface area contributed by atoms with Crippen LogP contribution in [0.25, 0.3) is 0 Å². The fourth-order valence-electron chi connectivity index (χ4n) is 1.62. The highest BCUT2D eigenvalue weighted by Gasteiger charge is 2.12. The Morgan fingerprint density at radius 3 is 2.71 bits per heavy atom. The summed E-state index contributed by atoms with van der Waals surface area (Å²) in [6.07, 6.45) is 0. The van der Waals surface area contributed by atoms with Gasteiger partial charge in [-0.15, -0.1) is 0 Å². The van der Waals surface area contributed by atoms with E-state index in [4.69, 9.17) is 11.6 Å². The van der Waals surface area contributed by atoms with Crippen molar-refractivity contribution in [3.05, 3.63) is 56.6 Å². The lowest BCUT2D eigenvalue weighted by Gasteiger charge is -2.09. The molecule has 2 rings (SSSR count). The molecule has 0 atom stereocenters. The fraction of sp³-hybridized carbons (Fsp3) is 0.0714. The zero-order valence-electron chi connectivity index (χ0n) is 10.4. The molecule has 0 bridgehead atoms. The number of thioether (sulfide) groups is 1. The summed E-state index contributed by atoms with van der Waals surface area (Å²) in [5.74, 6) is -2.83. The number of alkyl halides is 2. The third-order valence-corrected chi connectivity index (χ3v) is 4.37. The molecule has 0 spiro atoms. The molecule has 2 nitrogen and oxygen atoms in total. The number of rotatable bonds is 4. The molecular formula is C14H9ClF2INOS. The van der Waals surface area contributed by atoms with Crippen molar-refractivity contribution in [1.29, 1.82) is 0 Å². The van der Waals surface area contributed by atoms with Gasteiger partial charge in [-0.3, -0.25) is 4.79 Å². The SMILES string of the molecule is O=C(Nc1cccc(SC(F)F)c1)c1cc(Cl)ccc1I. The molecule has 110 valence electrons. The first-order valence-corrected chi connectivity index (χ1v) is 8.10. The molecule has 1 amide bonds. The highest BCUT2D eigenvalue weighted by atomic mass is 127. The predicted molar refractivity (Wildman–Crippen MR) is 90.4 cm³/mol. The molecule has 0 aromatic heterocycles. The predicted octanol–water partition coefficient (Wildman–Crippen LogP) is 5.51. The van der Waals surface area contributed by atoms with E-state index in [2.05, 4.69) is 5.32 Å². The van der Waals surface area contributed by atoms with Gasteiger partial charge in [0.2, 0.25) is 0 Å². The summed E-state index contributed by atoms with van der Waals surface area (Å²) in [5.41, 5.74) is 0.899. The molecule has 0 saturated heterocycles. The van der Waals surface area contributed by atoms with Crippen LogP contribution in [0.2, 0.25) is 5.02 Å². The molecule has 0 radical (unpaired) electrons. The van der Waals surface area contributed by atoms with Gasteiger partial charge in [-0.1, -0.05) is 29.4 Å². The van der Waals surface area contributed by atoms with E-state index in [-0.39, 0.29) is 5.91 Å². The summed E-state index contributed by atoms with van der Waals surface area (Å²) >= 11 is 8.35. The second kappa shape index (κ2) is 7.42. The fourth-order valence-corrected chi connectivity index (χ4v) is 2.93. The van der Waals surface area contributed by atoms with Crippen LogP contribution in [0.4, 0.5) is 14.5 Å². The number of hydrogen-bond acceptors (Lipinski definition) is 2. The maximum atomic E-state index is 12.3. The standard InChI is InChI=1S/C14H9ClF2INOS/c15-8-4-5-12(18)11(6-8)13(20)19-9-2-1-3-10(7-9)21-14(16)17/h1-7,14H,(H,19,20). The minimum atomic E-state index is -2.50. The largest absolute Gasteiger partial charge is 0.322 e. The zero-order chi connectivity index (χ0) is 15.4. The summed E-state index contributed by atoms with van der Waals surface area (Å²) in [5, 5.41) is 3.14. The van der Waals surface area contributed by atoms with Crippen molar-refractivity contribution in [3.8, 4) is 0 Å². The highest BCUT2D eigenvalue weighted by Crippen LogP contribution is 2.27. The van der Waals surface area contributed by atoms with Crippen molar-refractivity contribution >= 4 is 57.5 Å². The lowest BCUT2D eigenvalue weighted by atomic mass is 10.2. The second-order valence-corrected chi connectivity index (χ2v) is 6.65. The van der Waals surface area contributed by atoms with E-state index >= 15 is 0 Å². The molecule has 0 heterocycles. The number of halogens is 4. The van der Waals surface area contributed by atoms with Crippen LogP contribution in [-0.2, 0) is 0 Å². The molecule has 0 fully saturated rings. The highest BCUT2D eigenvalue weighted by molar-refractivity contribution is 14.1. The monoisotopic (exact) mass is 439 g/mol. The van der Waals surface area contributed by atoms with Crippen LogP contribution < -0.4 is 5.32 Å². The normalized spacial score (nSPS) is 10.7. The number of hydrogen-bond donors (Lipinski definition) is 1. The van der Waals surface area contributed by atoms with Crippen molar-refractivity contribution < 1.29 is 13.6 Å². The van der Waals surface area contributed by atoms with E-state index in [0.717, 1.165) is 3.57 Å². The molecule has 0 aliphatic rings. The minimum Gasteiger partial charge on any atom is -0.322 e. The van der Waals surface area contributed by atoms with Gasteiger partial charge in [-0.05, 0) is 59.0 Å².